The molecule has 0 radical (unpaired) electrons. The summed E-state index contributed by atoms with van der Waals surface area (Å²) in [4.78, 5) is 16.0. The molecule has 0 fully saturated rings. The minimum atomic E-state index is -0.364. The third-order valence-corrected chi connectivity index (χ3v) is 3.19. The van der Waals surface area contributed by atoms with Crippen molar-refractivity contribution in [3.8, 4) is 0 Å². The fourth-order valence-electron chi connectivity index (χ4n) is 2.16. The first-order valence-corrected chi connectivity index (χ1v) is 7.22. The zero-order chi connectivity index (χ0) is 16.0. The molecule has 0 aliphatic carbocycles. The summed E-state index contributed by atoms with van der Waals surface area (Å²) in [5.41, 5.74) is 8.20. The van der Waals surface area contributed by atoms with Crippen LogP contribution in [-0.2, 0) is 4.74 Å². The van der Waals surface area contributed by atoms with Crippen molar-refractivity contribution in [1.82, 2.24) is 4.90 Å². The summed E-state index contributed by atoms with van der Waals surface area (Å²) in [6.07, 6.45) is 0. The molecule has 21 heavy (non-hydrogen) atoms. The van der Waals surface area contributed by atoms with Crippen LogP contribution in [-0.4, -0.2) is 51.7 Å². The molecule has 118 valence electrons. The summed E-state index contributed by atoms with van der Waals surface area (Å²) >= 11 is 0. The van der Waals surface area contributed by atoms with Gasteiger partial charge in [-0.2, -0.15) is 0 Å². The van der Waals surface area contributed by atoms with Crippen molar-refractivity contribution >= 4 is 17.3 Å². The van der Waals surface area contributed by atoms with Crippen molar-refractivity contribution in [2.45, 2.75) is 13.8 Å². The second kappa shape index (κ2) is 7.88. The number of anilines is 2. The smallest absolute Gasteiger partial charge is 0.337 e. The molecule has 0 aliphatic heterocycles. The highest BCUT2D eigenvalue weighted by Crippen LogP contribution is 2.25. The monoisotopic (exact) mass is 293 g/mol. The Labute approximate surface area is 127 Å². The predicted molar refractivity (Wildman–Crippen MR) is 87.8 cm³/mol. The van der Waals surface area contributed by atoms with Gasteiger partial charge in [-0.15, -0.1) is 0 Å². The maximum absolute atomic E-state index is 11.5. The summed E-state index contributed by atoms with van der Waals surface area (Å²) < 4.78 is 4.72. The van der Waals surface area contributed by atoms with E-state index in [1.54, 1.807) is 12.1 Å². The van der Waals surface area contributed by atoms with Crippen LogP contribution < -0.4 is 10.6 Å². The van der Waals surface area contributed by atoms with Gasteiger partial charge >= 0.3 is 5.97 Å². The van der Waals surface area contributed by atoms with Gasteiger partial charge in [0.1, 0.15) is 0 Å². The molecule has 0 bridgehead atoms. The Kier molecular flexibility index (Phi) is 6.49. The molecule has 0 saturated carbocycles. The standard InChI is InChI=1S/C16H27N3O2/c1-12(2)11-19(9-8-18(3)4)15-7-6-13(10-14(15)17)16(20)21-5/h6-7,10,12H,8-9,11,17H2,1-5H3. The number of nitrogens with zero attached hydrogens (tertiary/aromatic N) is 2. The van der Waals surface area contributed by atoms with Crippen LogP contribution in [0.3, 0.4) is 0 Å². The lowest BCUT2D eigenvalue weighted by atomic mass is 10.1. The maximum Gasteiger partial charge on any atom is 0.337 e. The topological polar surface area (TPSA) is 58.8 Å². The molecule has 2 N–H and O–H groups in total. The Hall–Kier alpha value is -1.75. The zero-order valence-corrected chi connectivity index (χ0v) is 13.7. The number of methoxy groups -OCH3 is 1. The third kappa shape index (κ3) is 5.27. The number of carbonyl (C=O) groups excluding carboxylic acids is 1. The number of ether oxygens (including phenoxy) is 1. The van der Waals surface area contributed by atoms with Crippen molar-refractivity contribution in [2.24, 2.45) is 5.92 Å². The second-order valence-electron chi connectivity index (χ2n) is 5.91. The highest BCUT2D eigenvalue weighted by Gasteiger charge is 2.14. The van der Waals surface area contributed by atoms with Crippen molar-refractivity contribution in [1.29, 1.82) is 0 Å². The molecule has 0 saturated heterocycles. The fraction of sp³-hybridized carbons (Fsp3) is 0.562. The molecule has 1 rings (SSSR count). The van der Waals surface area contributed by atoms with E-state index in [-0.39, 0.29) is 5.97 Å². The van der Waals surface area contributed by atoms with Crippen LogP contribution in [0.2, 0.25) is 0 Å². The molecule has 0 aromatic heterocycles. The average Bonchev–Trinajstić information content (AvgIpc) is 2.42. The summed E-state index contributed by atoms with van der Waals surface area (Å²) in [6.45, 7) is 7.14. The molecule has 5 heteroatoms. The molecule has 0 aliphatic rings. The first-order valence-electron chi connectivity index (χ1n) is 7.22. The van der Waals surface area contributed by atoms with Crippen LogP contribution in [0.1, 0.15) is 24.2 Å². The fourth-order valence-corrected chi connectivity index (χ4v) is 2.16. The van der Waals surface area contributed by atoms with Crippen molar-refractivity contribution in [2.75, 3.05) is 51.5 Å². The average molecular weight is 293 g/mol. The highest BCUT2D eigenvalue weighted by molar-refractivity contribution is 5.91. The van der Waals surface area contributed by atoms with E-state index in [1.807, 2.05) is 6.07 Å². The van der Waals surface area contributed by atoms with Crippen LogP contribution in [0.5, 0.6) is 0 Å². The minimum absolute atomic E-state index is 0.364. The van der Waals surface area contributed by atoms with Gasteiger partial charge in [0.05, 0.1) is 24.0 Å². The third-order valence-electron chi connectivity index (χ3n) is 3.19. The lowest BCUT2D eigenvalue weighted by Crippen LogP contribution is -2.34. The molecule has 5 nitrogen and oxygen atoms in total. The van der Waals surface area contributed by atoms with Gasteiger partial charge in [0.15, 0.2) is 0 Å². The van der Waals surface area contributed by atoms with E-state index < -0.39 is 0 Å². The normalized spacial score (nSPS) is 11.0. The van der Waals surface area contributed by atoms with Crippen molar-refractivity contribution < 1.29 is 9.53 Å². The maximum atomic E-state index is 11.5. The summed E-state index contributed by atoms with van der Waals surface area (Å²) in [5, 5.41) is 0. The molecular formula is C16H27N3O2. The Balaban J connectivity index is 2.98. The van der Waals surface area contributed by atoms with Gasteiger partial charge in [-0.3, -0.25) is 0 Å². The number of rotatable bonds is 7. The summed E-state index contributed by atoms with van der Waals surface area (Å²) in [7, 11) is 5.48. The quantitative estimate of drug-likeness (QED) is 0.616. The van der Waals surface area contributed by atoms with Crippen LogP contribution >= 0.6 is 0 Å². The Morgan fingerprint density at radius 1 is 1.29 bits per heavy atom. The van der Waals surface area contributed by atoms with Gasteiger partial charge in [-0.25, -0.2) is 4.79 Å². The van der Waals surface area contributed by atoms with Crippen LogP contribution in [0.25, 0.3) is 0 Å². The van der Waals surface area contributed by atoms with E-state index >= 15 is 0 Å². The number of carbonyl (C=O) groups is 1. The van der Waals surface area contributed by atoms with Gasteiger partial charge < -0.3 is 20.3 Å². The largest absolute Gasteiger partial charge is 0.465 e. The molecule has 0 unspecified atom stereocenters. The molecule has 0 spiro atoms. The van der Waals surface area contributed by atoms with E-state index in [2.05, 4.69) is 37.7 Å². The summed E-state index contributed by atoms with van der Waals surface area (Å²) in [5.74, 6) is 0.170. The van der Waals surface area contributed by atoms with E-state index in [1.165, 1.54) is 7.11 Å². The van der Waals surface area contributed by atoms with E-state index in [0.717, 1.165) is 25.3 Å². The van der Waals surface area contributed by atoms with Gasteiger partial charge in [0.2, 0.25) is 0 Å². The van der Waals surface area contributed by atoms with E-state index in [4.69, 9.17) is 10.5 Å². The Bertz CT molecular complexity index is 473. The highest BCUT2D eigenvalue weighted by atomic mass is 16.5. The molecule has 0 atom stereocenters. The minimum Gasteiger partial charge on any atom is -0.465 e. The Morgan fingerprint density at radius 3 is 2.43 bits per heavy atom. The van der Waals surface area contributed by atoms with Crippen LogP contribution in [0.4, 0.5) is 11.4 Å². The predicted octanol–water partition coefficient (Wildman–Crippen LogP) is 2.08. The zero-order valence-electron chi connectivity index (χ0n) is 13.7. The first-order chi connectivity index (χ1) is 9.85. The van der Waals surface area contributed by atoms with Crippen molar-refractivity contribution in [3.63, 3.8) is 0 Å². The Morgan fingerprint density at radius 2 is 1.95 bits per heavy atom. The van der Waals surface area contributed by atoms with E-state index in [0.29, 0.717) is 17.2 Å². The number of nitrogens with two attached hydrogens (primary N) is 1. The van der Waals surface area contributed by atoms with Gasteiger partial charge in [-0.1, -0.05) is 13.8 Å². The lowest BCUT2D eigenvalue weighted by molar-refractivity contribution is 0.0601. The van der Waals surface area contributed by atoms with Gasteiger partial charge in [0.25, 0.3) is 0 Å². The first kappa shape index (κ1) is 17.3. The lowest BCUT2D eigenvalue weighted by Gasteiger charge is -2.29. The molecule has 0 amide bonds. The molecule has 1 aromatic carbocycles. The van der Waals surface area contributed by atoms with Crippen LogP contribution in [0, 0.1) is 5.92 Å². The van der Waals surface area contributed by atoms with Gasteiger partial charge in [-0.05, 0) is 38.2 Å². The number of nitrogen functional groups attached to an aromatic ring is 1. The number of hydrogen-bond acceptors (Lipinski definition) is 5. The van der Waals surface area contributed by atoms with E-state index in [9.17, 15) is 4.79 Å². The van der Waals surface area contributed by atoms with Crippen molar-refractivity contribution in [3.05, 3.63) is 23.8 Å². The summed E-state index contributed by atoms with van der Waals surface area (Å²) in [6, 6.07) is 5.35. The van der Waals surface area contributed by atoms with Crippen LogP contribution in [0.15, 0.2) is 18.2 Å². The molecule has 0 heterocycles. The number of likely N-dealkylation sites (N-methyl/N-ethyl adjacent to an activating group) is 1. The number of hydrogen-bond donors (Lipinski definition) is 1. The number of esters is 1. The number of benzene rings is 1. The molecule has 1 aromatic rings. The SMILES string of the molecule is COC(=O)c1ccc(N(CCN(C)C)CC(C)C)c(N)c1. The van der Waals surface area contributed by atoms with Gasteiger partial charge in [0, 0.05) is 19.6 Å². The second-order valence-corrected chi connectivity index (χ2v) is 5.91. The molecular weight excluding hydrogens is 266 g/mol.